The van der Waals surface area contributed by atoms with Crippen molar-refractivity contribution < 1.29 is 9.32 Å². The monoisotopic (exact) mass is 260 g/mol. The van der Waals surface area contributed by atoms with E-state index in [0.717, 1.165) is 23.9 Å². The van der Waals surface area contributed by atoms with E-state index < -0.39 is 0 Å². The lowest BCUT2D eigenvalue weighted by atomic mass is 10.3. The molecule has 1 rings (SSSR count). The van der Waals surface area contributed by atoms with Crippen LogP contribution in [0.3, 0.4) is 0 Å². The van der Waals surface area contributed by atoms with E-state index in [4.69, 9.17) is 4.52 Å². The molecular formula is C9H13BrN2O2. The molecule has 4 nitrogen and oxygen atoms in total. The second-order valence-corrected chi connectivity index (χ2v) is 3.78. The second kappa shape index (κ2) is 5.80. The van der Waals surface area contributed by atoms with E-state index in [9.17, 15) is 4.79 Å². The largest absolute Gasteiger partial charge is 0.351 e. The van der Waals surface area contributed by atoms with Crippen LogP contribution in [0.25, 0.3) is 0 Å². The van der Waals surface area contributed by atoms with Gasteiger partial charge in [0, 0.05) is 17.9 Å². The van der Waals surface area contributed by atoms with Gasteiger partial charge in [0.1, 0.15) is 0 Å². The summed E-state index contributed by atoms with van der Waals surface area (Å²) in [6.45, 7) is 2.45. The van der Waals surface area contributed by atoms with Crippen LogP contribution in [0.1, 0.15) is 29.1 Å². The molecule has 0 atom stereocenters. The summed E-state index contributed by atoms with van der Waals surface area (Å²) in [5, 5.41) is 7.35. The number of unbranched alkanes of at least 4 members (excludes halogenated alkanes) is 1. The standard InChI is InChI=1S/C9H13BrN2O2/c1-7-6-8(14-12-7)9(13)11-5-3-2-4-10/h6H,2-5H2,1H3,(H,11,13). The van der Waals surface area contributed by atoms with Crippen LogP contribution in [0.4, 0.5) is 0 Å². The van der Waals surface area contributed by atoms with E-state index >= 15 is 0 Å². The highest BCUT2D eigenvalue weighted by molar-refractivity contribution is 9.09. The molecule has 0 bridgehead atoms. The van der Waals surface area contributed by atoms with E-state index in [1.54, 1.807) is 13.0 Å². The fraction of sp³-hybridized carbons (Fsp3) is 0.556. The summed E-state index contributed by atoms with van der Waals surface area (Å²) in [5.74, 6) is 0.0847. The van der Waals surface area contributed by atoms with Gasteiger partial charge in [0.2, 0.25) is 5.76 Å². The van der Waals surface area contributed by atoms with Crippen LogP contribution in [0.15, 0.2) is 10.6 Å². The normalized spacial score (nSPS) is 10.1. The number of aromatic nitrogens is 1. The van der Waals surface area contributed by atoms with Gasteiger partial charge in [-0.05, 0) is 19.8 Å². The zero-order valence-corrected chi connectivity index (χ0v) is 9.63. The molecule has 0 saturated carbocycles. The van der Waals surface area contributed by atoms with Crippen molar-refractivity contribution in [2.24, 2.45) is 0 Å². The molecule has 0 aliphatic rings. The Kier molecular flexibility index (Phi) is 4.65. The fourth-order valence-corrected chi connectivity index (χ4v) is 1.38. The van der Waals surface area contributed by atoms with E-state index in [0.29, 0.717) is 6.54 Å². The topological polar surface area (TPSA) is 55.1 Å². The van der Waals surface area contributed by atoms with Gasteiger partial charge in [-0.3, -0.25) is 4.79 Å². The maximum absolute atomic E-state index is 11.4. The van der Waals surface area contributed by atoms with Crippen LogP contribution in [-0.2, 0) is 0 Å². The van der Waals surface area contributed by atoms with E-state index in [2.05, 4.69) is 26.4 Å². The molecular weight excluding hydrogens is 248 g/mol. The Morgan fingerprint density at radius 2 is 2.43 bits per heavy atom. The Labute approximate surface area is 91.2 Å². The zero-order chi connectivity index (χ0) is 10.4. The van der Waals surface area contributed by atoms with Crippen molar-refractivity contribution in [3.8, 4) is 0 Å². The number of nitrogens with zero attached hydrogens (tertiary/aromatic N) is 1. The Morgan fingerprint density at radius 1 is 1.64 bits per heavy atom. The number of aryl methyl sites for hydroxylation is 1. The summed E-state index contributed by atoms with van der Waals surface area (Å²) in [6.07, 6.45) is 2.01. The van der Waals surface area contributed by atoms with Gasteiger partial charge in [0.05, 0.1) is 5.69 Å². The third-order valence-corrected chi connectivity index (χ3v) is 2.26. The third kappa shape index (κ3) is 3.49. The minimum atomic E-state index is -0.194. The minimum Gasteiger partial charge on any atom is -0.351 e. The van der Waals surface area contributed by atoms with Gasteiger partial charge in [0.25, 0.3) is 5.91 Å². The highest BCUT2D eigenvalue weighted by atomic mass is 79.9. The van der Waals surface area contributed by atoms with Crippen molar-refractivity contribution >= 4 is 21.8 Å². The number of rotatable bonds is 5. The maximum atomic E-state index is 11.4. The molecule has 0 saturated heterocycles. The van der Waals surface area contributed by atoms with Crippen molar-refractivity contribution in [3.63, 3.8) is 0 Å². The zero-order valence-electron chi connectivity index (χ0n) is 8.05. The fourth-order valence-electron chi connectivity index (χ4n) is 0.979. The SMILES string of the molecule is Cc1cc(C(=O)NCCCCBr)on1. The van der Waals surface area contributed by atoms with Crippen molar-refractivity contribution in [2.45, 2.75) is 19.8 Å². The Bertz CT molecular complexity index is 299. The van der Waals surface area contributed by atoms with Gasteiger partial charge in [-0.2, -0.15) is 0 Å². The second-order valence-electron chi connectivity index (χ2n) is 2.98. The average molecular weight is 261 g/mol. The Balaban J connectivity index is 2.29. The van der Waals surface area contributed by atoms with Crippen molar-refractivity contribution in [2.75, 3.05) is 11.9 Å². The van der Waals surface area contributed by atoms with Crippen LogP contribution < -0.4 is 5.32 Å². The summed E-state index contributed by atoms with van der Waals surface area (Å²) >= 11 is 3.32. The molecule has 0 spiro atoms. The molecule has 1 N–H and O–H groups in total. The number of hydrogen-bond acceptors (Lipinski definition) is 3. The lowest BCUT2D eigenvalue weighted by Gasteiger charge is -2.00. The lowest BCUT2D eigenvalue weighted by Crippen LogP contribution is -2.23. The maximum Gasteiger partial charge on any atom is 0.289 e. The van der Waals surface area contributed by atoms with Crippen LogP contribution in [0, 0.1) is 6.92 Å². The molecule has 1 heterocycles. The van der Waals surface area contributed by atoms with Gasteiger partial charge in [0.15, 0.2) is 0 Å². The summed E-state index contributed by atoms with van der Waals surface area (Å²) in [4.78, 5) is 11.4. The number of alkyl halides is 1. The van der Waals surface area contributed by atoms with Crippen LogP contribution in [0.2, 0.25) is 0 Å². The predicted molar refractivity (Wildman–Crippen MR) is 56.6 cm³/mol. The van der Waals surface area contributed by atoms with Crippen molar-refractivity contribution in [1.29, 1.82) is 0 Å². The molecule has 1 aromatic rings. The third-order valence-electron chi connectivity index (χ3n) is 1.70. The summed E-state index contributed by atoms with van der Waals surface area (Å²) in [7, 11) is 0. The summed E-state index contributed by atoms with van der Waals surface area (Å²) in [5.41, 5.74) is 0.718. The predicted octanol–water partition coefficient (Wildman–Crippen LogP) is 1.89. The smallest absolute Gasteiger partial charge is 0.289 e. The average Bonchev–Trinajstić information content (AvgIpc) is 2.59. The lowest BCUT2D eigenvalue weighted by molar-refractivity contribution is 0.0916. The molecule has 0 radical (unpaired) electrons. The molecule has 1 amide bonds. The Hall–Kier alpha value is -0.840. The highest BCUT2D eigenvalue weighted by Gasteiger charge is 2.09. The number of carbonyl (C=O) groups excluding carboxylic acids is 1. The van der Waals surface area contributed by atoms with Crippen molar-refractivity contribution in [3.05, 3.63) is 17.5 Å². The molecule has 78 valence electrons. The Morgan fingerprint density at radius 3 is 3.00 bits per heavy atom. The van der Waals surface area contributed by atoms with E-state index in [-0.39, 0.29) is 11.7 Å². The quantitative estimate of drug-likeness (QED) is 0.650. The van der Waals surface area contributed by atoms with Crippen LogP contribution in [-0.4, -0.2) is 22.9 Å². The number of nitrogens with one attached hydrogen (secondary N) is 1. The molecule has 0 aliphatic heterocycles. The van der Waals surface area contributed by atoms with Gasteiger partial charge in [-0.15, -0.1) is 0 Å². The molecule has 0 aromatic carbocycles. The van der Waals surface area contributed by atoms with Gasteiger partial charge in [-0.25, -0.2) is 0 Å². The first kappa shape index (κ1) is 11.2. The first-order valence-corrected chi connectivity index (χ1v) is 5.63. The van der Waals surface area contributed by atoms with Crippen molar-refractivity contribution in [1.82, 2.24) is 10.5 Å². The van der Waals surface area contributed by atoms with E-state index in [1.807, 2.05) is 0 Å². The van der Waals surface area contributed by atoms with Crippen LogP contribution in [0.5, 0.6) is 0 Å². The van der Waals surface area contributed by atoms with Crippen LogP contribution >= 0.6 is 15.9 Å². The number of halogens is 1. The number of amides is 1. The molecule has 14 heavy (non-hydrogen) atoms. The minimum absolute atomic E-state index is 0.194. The number of hydrogen-bond donors (Lipinski definition) is 1. The van der Waals surface area contributed by atoms with Gasteiger partial charge >= 0.3 is 0 Å². The first-order valence-electron chi connectivity index (χ1n) is 4.51. The summed E-state index contributed by atoms with van der Waals surface area (Å²) < 4.78 is 4.81. The van der Waals surface area contributed by atoms with Gasteiger partial charge < -0.3 is 9.84 Å². The molecule has 5 heteroatoms. The molecule has 0 fully saturated rings. The first-order chi connectivity index (χ1) is 6.74. The summed E-state index contributed by atoms with van der Waals surface area (Å²) in [6, 6.07) is 1.62. The molecule has 0 aliphatic carbocycles. The highest BCUT2D eigenvalue weighted by Crippen LogP contribution is 2.01. The number of carbonyl (C=O) groups is 1. The van der Waals surface area contributed by atoms with E-state index in [1.165, 1.54) is 0 Å². The molecule has 0 unspecified atom stereocenters. The van der Waals surface area contributed by atoms with Gasteiger partial charge in [-0.1, -0.05) is 21.1 Å². The molecule has 1 aromatic heterocycles.